The Kier molecular flexibility index (Phi) is 2.50. The Morgan fingerprint density at radius 1 is 1.36 bits per heavy atom. The van der Waals surface area contributed by atoms with Crippen LogP contribution in [0.4, 0.5) is 0 Å². The lowest BCUT2D eigenvalue weighted by Crippen LogP contribution is -2.21. The first-order chi connectivity index (χ1) is 6.81. The zero-order valence-corrected chi connectivity index (χ0v) is 8.05. The topological polar surface area (TPSA) is 41.8 Å². The van der Waals surface area contributed by atoms with Crippen LogP contribution in [-0.2, 0) is 4.74 Å². The van der Waals surface area contributed by atoms with E-state index in [4.69, 9.17) is 9.84 Å². The molecule has 0 aliphatic carbocycles. The number of benzene rings is 1. The van der Waals surface area contributed by atoms with Crippen molar-refractivity contribution in [3.63, 3.8) is 0 Å². The molecule has 1 heterocycles. The van der Waals surface area contributed by atoms with E-state index < -0.39 is 0 Å². The Morgan fingerprint density at radius 2 is 2.07 bits per heavy atom. The van der Waals surface area contributed by atoms with Gasteiger partial charge in [-0.3, -0.25) is 0 Å². The molecule has 1 aliphatic heterocycles. The number of nitrogens with zero attached hydrogens (tertiary/aromatic N) is 1. The van der Waals surface area contributed by atoms with E-state index in [0.29, 0.717) is 5.90 Å². The van der Waals surface area contributed by atoms with Crippen molar-refractivity contribution >= 4 is 5.90 Å². The number of aliphatic imine (C=N–C) groups is 1. The Labute approximate surface area is 83.1 Å². The second-order valence-electron chi connectivity index (χ2n) is 3.37. The van der Waals surface area contributed by atoms with Crippen LogP contribution in [0.3, 0.4) is 0 Å². The summed E-state index contributed by atoms with van der Waals surface area (Å²) in [5.74, 6) is 0.636. The molecule has 1 aliphatic rings. The van der Waals surface area contributed by atoms with Crippen LogP contribution in [0.1, 0.15) is 12.5 Å². The molecule has 0 radical (unpaired) electrons. The molecule has 0 fully saturated rings. The minimum atomic E-state index is -0.120. The van der Waals surface area contributed by atoms with Crippen LogP contribution < -0.4 is 0 Å². The van der Waals surface area contributed by atoms with Gasteiger partial charge in [0.15, 0.2) is 0 Å². The van der Waals surface area contributed by atoms with E-state index in [9.17, 15) is 0 Å². The predicted molar refractivity (Wildman–Crippen MR) is 54.4 cm³/mol. The minimum absolute atomic E-state index is 0.0322. The molecule has 0 saturated heterocycles. The van der Waals surface area contributed by atoms with Gasteiger partial charge >= 0.3 is 0 Å². The maximum Gasteiger partial charge on any atom is 0.216 e. The maximum absolute atomic E-state index is 9.01. The Balaban J connectivity index is 2.22. The van der Waals surface area contributed by atoms with Gasteiger partial charge in [0.05, 0.1) is 6.61 Å². The quantitative estimate of drug-likeness (QED) is 0.763. The van der Waals surface area contributed by atoms with Gasteiger partial charge in [-0.05, 0) is 19.1 Å². The van der Waals surface area contributed by atoms with Crippen molar-refractivity contribution < 1.29 is 9.84 Å². The normalized spacial score (nSPS) is 25.7. The molecule has 3 heteroatoms. The molecule has 2 atom stereocenters. The number of hydrogen-bond acceptors (Lipinski definition) is 3. The molecular formula is C11H13NO2. The largest absolute Gasteiger partial charge is 0.472 e. The molecule has 1 N–H and O–H groups in total. The fourth-order valence-corrected chi connectivity index (χ4v) is 1.45. The highest BCUT2D eigenvalue weighted by Crippen LogP contribution is 2.17. The summed E-state index contributed by atoms with van der Waals surface area (Å²) in [6, 6.07) is 9.61. The Hall–Kier alpha value is -1.35. The van der Waals surface area contributed by atoms with Crippen LogP contribution in [0.25, 0.3) is 0 Å². The first kappa shape index (κ1) is 9.21. The van der Waals surface area contributed by atoms with Crippen LogP contribution in [0.2, 0.25) is 0 Å². The molecule has 74 valence electrons. The molecule has 3 nitrogen and oxygen atoms in total. The van der Waals surface area contributed by atoms with Crippen LogP contribution in [0.15, 0.2) is 35.3 Å². The van der Waals surface area contributed by atoms with Crippen molar-refractivity contribution in [1.82, 2.24) is 0 Å². The summed E-state index contributed by atoms with van der Waals surface area (Å²) in [7, 11) is 0. The molecule has 0 saturated carbocycles. The zero-order valence-electron chi connectivity index (χ0n) is 8.05. The standard InChI is InChI=1S/C11H13NO2/c1-8-10(7-13)12-11(14-8)9-5-3-2-4-6-9/h2-6,8,10,13H,7H2,1H3/t8-,10-/m1/s1. The van der Waals surface area contributed by atoms with E-state index in [0.717, 1.165) is 5.56 Å². The van der Waals surface area contributed by atoms with Gasteiger partial charge in [0.1, 0.15) is 12.1 Å². The van der Waals surface area contributed by atoms with Gasteiger partial charge in [-0.25, -0.2) is 4.99 Å². The summed E-state index contributed by atoms with van der Waals surface area (Å²) < 4.78 is 5.54. The van der Waals surface area contributed by atoms with Crippen LogP contribution in [-0.4, -0.2) is 29.8 Å². The van der Waals surface area contributed by atoms with Crippen molar-refractivity contribution in [2.24, 2.45) is 4.99 Å². The number of aliphatic hydroxyl groups excluding tert-OH is 1. The summed E-state index contributed by atoms with van der Waals surface area (Å²) in [5.41, 5.74) is 0.968. The van der Waals surface area contributed by atoms with Gasteiger partial charge in [0, 0.05) is 5.56 Å². The van der Waals surface area contributed by atoms with E-state index in [1.54, 1.807) is 0 Å². The molecule has 0 amide bonds. The summed E-state index contributed by atoms with van der Waals surface area (Å²) >= 11 is 0. The Morgan fingerprint density at radius 3 is 2.64 bits per heavy atom. The monoisotopic (exact) mass is 191 g/mol. The lowest BCUT2D eigenvalue weighted by atomic mass is 10.2. The molecule has 0 bridgehead atoms. The fraction of sp³-hybridized carbons (Fsp3) is 0.364. The highest BCUT2D eigenvalue weighted by atomic mass is 16.5. The van der Waals surface area contributed by atoms with Crippen molar-refractivity contribution in [2.45, 2.75) is 19.1 Å². The van der Waals surface area contributed by atoms with E-state index in [-0.39, 0.29) is 18.8 Å². The first-order valence-corrected chi connectivity index (χ1v) is 4.72. The molecule has 0 aromatic heterocycles. The van der Waals surface area contributed by atoms with Gasteiger partial charge in [0.25, 0.3) is 0 Å². The maximum atomic E-state index is 9.01. The van der Waals surface area contributed by atoms with Crippen LogP contribution in [0.5, 0.6) is 0 Å². The van der Waals surface area contributed by atoms with E-state index in [1.807, 2.05) is 37.3 Å². The third kappa shape index (κ3) is 1.63. The molecule has 0 spiro atoms. The highest BCUT2D eigenvalue weighted by Gasteiger charge is 2.26. The average Bonchev–Trinajstić information content (AvgIpc) is 2.61. The minimum Gasteiger partial charge on any atom is -0.472 e. The van der Waals surface area contributed by atoms with Crippen molar-refractivity contribution in [2.75, 3.05) is 6.61 Å². The molecule has 1 aromatic carbocycles. The molecular weight excluding hydrogens is 178 g/mol. The highest BCUT2D eigenvalue weighted by molar-refractivity contribution is 5.95. The fourth-order valence-electron chi connectivity index (χ4n) is 1.45. The second kappa shape index (κ2) is 3.80. The summed E-state index contributed by atoms with van der Waals surface area (Å²) in [4.78, 5) is 4.30. The summed E-state index contributed by atoms with van der Waals surface area (Å²) in [5, 5.41) is 9.01. The number of ether oxygens (including phenoxy) is 1. The average molecular weight is 191 g/mol. The van der Waals surface area contributed by atoms with Gasteiger partial charge in [-0.2, -0.15) is 0 Å². The number of rotatable bonds is 2. The van der Waals surface area contributed by atoms with Gasteiger partial charge in [-0.1, -0.05) is 18.2 Å². The second-order valence-corrected chi connectivity index (χ2v) is 3.37. The summed E-state index contributed by atoms with van der Waals surface area (Å²) in [6.07, 6.45) is -0.0322. The lowest BCUT2D eigenvalue weighted by molar-refractivity contribution is 0.165. The number of aliphatic hydroxyl groups is 1. The zero-order chi connectivity index (χ0) is 9.97. The molecule has 2 rings (SSSR count). The van der Waals surface area contributed by atoms with E-state index >= 15 is 0 Å². The summed E-state index contributed by atoms with van der Waals surface area (Å²) in [6.45, 7) is 1.96. The van der Waals surface area contributed by atoms with Crippen LogP contribution in [0, 0.1) is 0 Å². The van der Waals surface area contributed by atoms with Gasteiger partial charge in [0.2, 0.25) is 5.90 Å². The van der Waals surface area contributed by atoms with Gasteiger partial charge in [-0.15, -0.1) is 0 Å². The van der Waals surface area contributed by atoms with Crippen molar-refractivity contribution in [3.8, 4) is 0 Å². The number of hydrogen-bond donors (Lipinski definition) is 1. The molecule has 1 aromatic rings. The Bertz CT molecular complexity index is 334. The SMILES string of the molecule is C[C@H]1OC(c2ccccc2)=N[C@@H]1CO. The third-order valence-electron chi connectivity index (χ3n) is 2.33. The first-order valence-electron chi connectivity index (χ1n) is 4.72. The van der Waals surface area contributed by atoms with E-state index in [2.05, 4.69) is 4.99 Å². The van der Waals surface area contributed by atoms with Crippen LogP contribution >= 0.6 is 0 Å². The smallest absolute Gasteiger partial charge is 0.216 e. The van der Waals surface area contributed by atoms with Crippen molar-refractivity contribution in [1.29, 1.82) is 0 Å². The van der Waals surface area contributed by atoms with Gasteiger partial charge < -0.3 is 9.84 Å². The molecule has 0 unspecified atom stereocenters. The lowest BCUT2D eigenvalue weighted by Gasteiger charge is -2.09. The molecule has 14 heavy (non-hydrogen) atoms. The van der Waals surface area contributed by atoms with Crippen molar-refractivity contribution in [3.05, 3.63) is 35.9 Å². The predicted octanol–water partition coefficient (Wildman–Crippen LogP) is 1.21. The third-order valence-corrected chi connectivity index (χ3v) is 2.33. The van der Waals surface area contributed by atoms with E-state index in [1.165, 1.54) is 0 Å².